The van der Waals surface area contributed by atoms with Gasteiger partial charge in [0.25, 0.3) is 0 Å². The second kappa shape index (κ2) is 5.34. The van der Waals surface area contributed by atoms with Gasteiger partial charge in [0.05, 0.1) is 12.2 Å². The van der Waals surface area contributed by atoms with Crippen molar-refractivity contribution in [2.45, 2.75) is 39.8 Å². The first-order valence-electron chi connectivity index (χ1n) is 8.11. The molecule has 0 N–H and O–H groups in total. The number of aryl methyl sites for hydroxylation is 2. The third-order valence-corrected chi connectivity index (χ3v) is 4.81. The van der Waals surface area contributed by atoms with Crippen LogP contribution in [0.1, 0.15) is 40.1 Å². The number of hydrogen-bond acceptors (Lipinski definition) is 2. The number of pyridine rings is 1. The highest BCUT2D eigenvalue weighted by molar-refractivity contribution is 5.82. The molecule has 2 aliphatic rings. The van der Waals surface area contributed by atoms with Crippen LogP contribution in [-0.4, -0.2) is 15.8 Å². The summed E-state index contributed by atoms with van der Waals surface area (Å²) in [5.74, 6) is 0.208. The lowest BCUT2D eigenvalue weighted by atomic mass is 10.1. The summed E-state index contributed by atoms with van der Waals surface area (Å²) in [6.45, 7) is 5.47. The zero-order chi connectivity index (χ0) is 16.0. The number of carbonyl (C=O) groups is 1. The second-order valence-electron chi connectivity index (χ2n) is 6.61. The van der Waals surface area contributed by atoms with E-state index in [2.05, 4.69) is 42.2 Å². The van der Waals surface area contributed by atoms with Crippen molar-refractivity contribution >= 4 is 12.0 Å². The van der Waals surface area contributed by atoms with Crippen LogP contribution in [0, 0.1) is 13.8 Å². The van der Waals surface area contributed by atoms with Gasteiger partial charge >= 0.3 is 0 Å². The highest BCUT2D eigenvalue weighted by atomic mass is 16.2. The third kappa shape index (κ3) is 2.56. The molecule has 1 aromatic heterocycles. The van der Waals surface area contributed by atoms with Crippen molar-refractivity contribution in [1.29, 1.82) is 0 Å². The van der Waals surface area contributed by atoms with E-state index in [4.69, 9.17) is 0 Å². The van der Waals surface area contributed by atoms with Crippen LogP contribution in [0.4, 0.5) is 0 Å². The molecule has 0 saturated heterocycles. The normalized spacial score (nSPS) is 15.4. The number of aromatic nitrogens is 1. The predicted molar refractivity (Wildman–Crippen MR) is 90.7 cm³/mol. The molecule has 0 spiro atoms. The number of rotatable bonds is 2. The summed E-state index contributed by atoms with van der Waals surface area (Å²) in [5, 5.41) is 0. The van der Waals surface area contributed by atoms with Gasteiger partial charge in [0.2, 0.25) is 5.91 Å². The SMILES string of the molecule is Cc1cc(C)c2c(n1)CN(C(=O)CC1=Cc3ccccc3C1)C2. The number of benzene rings is 1. The summed E-state index contributed by atoms with van der Waals surface area (Å²) in [4.78, 5) is 19.2. The van der Waals surface area contributed by atoms with Gasteiger partial charge in [-0.1, -0.05) is 35.9 Å². The molecular formula is C20H20N2O. The van der Waals surface area contributed by atoms with E-state index in [-0.39, 0.29) is 5.91 Å². The Hall–Kier alpha value is -2.42. The molecule has 2 heterocycles. The first-order valence-corrected chi connectivity index (χ1v) is 8.11. The van der Waals surface area contributed by atoms with Crippen molar-refractivity contribution < 1.29 is 4.79 Å². The van der Waals surface area contributed by atoms with Gasteiger partial charge in [-0.2, -0.15) is 0 Å². The average molecular weight is 304 g/mol. The van der Waals surface area contributed by atoms with E-state index in [1.807, 2.05) is 17.9 Å². The molecule has 4 rings (SSSR count). The Labute approximate surface area is 136 Å². The molecule has 0 atom stereocenters. The van der Waals surface area contributed by atoms with Crippen LogP contribution in [-0.2, 0) is 24.3 Å². The lowest BCUT2D eigenvalue weighted by Crippen LogP contribution is -2.25. The van der Waals surface area contributed by atoms with Crippen LogP contribution in [0.15, 0.2) is 35.9 Å². The van der Waals surface area contributed by atoms with Gasteiger partial charge in [0, 0.05) is 18.7 Å². The zero-order valence-electron chi connectivity index (χ0n) is 13.6. The average Bonchev–Trinajstić information content (AvgIpc) is 3.10. The van der Waals surface area contributed by atoms with Crippen LogP contribution in [0.3, 0.4) is 0 Å². The summed E-state index contributed by atoms with van der Waals surface area (Å²) in [6, 6.07) is 10.5. The van der Waals surface area contributed by atoms with Gasteiger partial charge in [-0.25, -0.2) is 0 Å². The molecule has 1 aliphatic heterocycles. The van der Waals surface area contributed by atoms with E-state index in [0.29, 0.717) is 19.5 Å². The third-order valence-electron chi connectivity index (χ3n) is 4.81. The Morgan fingerprint density at radius 1 is 1.22 bits per heavy atom. The van der Waals surface area contributed by atoms with Crippen molar-refractivity contribution in [3.63, 3.8) is 0 Å². The molecule has 1 aliphatic carbocycles. The van der Waals surface area contributed by atoms with Gasteiger partial charge in [-0.05, 0) is 48.6 Å². The Balaban J connectivity index is 1.47. The Kier molecular flexibility index (Phi) is 3.29. The van der Waals surface area contributed by atoms with E-state index in [0.717, 1.165) is 17.8 Å². The minimum atomic E-state index is 0.208. The maximum absolute atomic E-state index is 12.7. The van der Waals surface area contributed by atoms with Crippen LogP contribution in [0.5, 0.6) is 0 Å². The first-order chi connectivity index (χ1) is 11.1. The molecule has 0 saturated carbocycles. The number of carbonyl (C=O) groups excluding carboxylic acids is 1. The van der Waals surface area contributed by atoms with Crippen LogP contribution < -0.4 is 0 Å². The van der Waals surface area contributed by atoms with Gasteiger partial charge in [0.1, 0.15) is 0 Å². The van der Waals surface area contributed by atoms with E-state index < -0.39 is 0 Å². The first kappa shape index (κ1) is 14.2. The summed E-state index contributed by atoms with van der Waals surface area (Å²) in [6.07, 6.45) is 3.59. The fourth-order valence-corrected chi connectivity index (χ4v) is 3.66. The van der Waals surface area contributed by atoms with E-state index in [1.165, 1.54) is 27.8 Å². The highest BCUT2D eigenvalue weighted by Gasteiger charge is 2.27. The van der Waals surface area contributed by atoms with E-state index >= 15 is 0 Å². The molecule has 23 heavy (non-hydrogen) atoms. The number of amides is 1. The van der Waals surface area contributed by atoms with E-state index in [1.54, 1.807) is 0 Å². The largest absolute Gasteiger partial charge is 0.332 e. The van der Waals surface area contributed by atoms with Crippen molar-refractivity contribution in [1.82, 2.24) is 9.88 Å². The monoisotopic (exact) mass is 304 g/mol. The summed E-state index contributed by atoms with van der Waals surface area (Å²) < 4.78 is 0. The molecular weight excluding hydrogens is 284 g/mol. The Morgan fingerprint density at radius 2 is 2.04 bits per heavy atom. The Bertz CT molecular complexity index is 836. The lowest BCUT2D eigenvalue weighted by Gasteiger charge is -2.15. The fourth-order valence-electron chi connectivity index (χ4n) is 3.66. The van der Waals surface area contributed by atoms with Crippen LogP contribution in [0.2, 0.25) is 0 Å². The van der Waals surface area contributed by atoms with Crippen molar-refractivity contribution in [3.05, 3.63) is 69.5 Å². The maximum atomic E-state index is 12.7. The van der Waals surface area contributed by atoms with Gasteiger partial charge in [-0.15, -0.1) is 0 Å². The number of fused-ring (bicyclic) bond motifs is 2. The maximum Gasteiger partial charge on any atom is 0.227 e. The molecule has 0 radical (unpaired) electrons. The summed E-state index contributed by atoms with van der Waals surface area (Å²) in [7, 11) is 0. The lowest BCUT2D eigenvalue weighted by molar-refractivity contribution is -0.131. The van der Waals surface area contributed by atoms with Crippen molar-refractivity contribution in [2.24, 2.45) is 0 Å². The minimum absolute atomic E-state index is 0.208. The highest BCUT2D eigenvalue weighted by Crippen LogP contribution is 2.29. The molecule has 0 fully saturated rings. The Morgan fingerprint density at radius 3 is 2.87 bits per heavy atom. The fraction of sp³-hybridized carbons (Fsp3) is 0.300. The number of nitrogens with zero attached hydrogens (tertiary/aromatic N) is 2. The summed E-state index contributed by atoms with van der Waals surface area (Å²) in [5.41, 5.74) is 8.38. The van der Waals surface area contributed by atoms with Crippen molar-refractivity contribution in [3.8, 4) is 0 Å². The molecule has 0 bridgehead atoms. The quantitative estimate of drug-likeness (QED) is 0.850. The summed E-state index contributed by atoms with van der Waals surface area (Å²) >= 11 is 0. The van der Waals surface area contributed by atoms with Gasteiger partial charge in [0.15, 0.2) is 0 Å². The van der Waals surface area contributed by atoms with Crippen molar-refractivity contribution in [2.75, 3.05) is 0 Å². The minimum Gasteiger partial charge on any atom is -0.332 e. The molecule has 3 heteroatoms. The molecule has 1 amide bonds. The standard InChI is InChI=1S/C20H20N2O/c1-13-7-14(2)21-19-12-22(11-18(13)19)20(23)10-15-8-16-5-3-4-6-17(16)9-15/h3-8H,9-12H2,1-2H3. The van der Waals surface area contributed by atoms with Gasteiger partial charge in [-0.3, -0.25) is 9.78 Å². The zero-order valence-corrected chi connectivity index (χ0v) is 13.6. The molecule has 0 unspecified atom stereocenters. The van der Waals surface area contributed by atoms with Crippen LogP contribution >= 0.6 is 0 Å². The van der Waals surface area contributed by atoms with Crippen LogP contribution in [0.25, 0.3) is 6.08 Å². The molecule has 1 aromatic carbocycles. The molecule has 3 nitrogen and oxygen atoms in total. The van der Waals surface area contributed by atoms with E-state index in [9.17, 15) is 4.79 Å². The topological polar surface area (TPSA) is 33.2 Å². The second-order valence-corrected chi connectivity index (χ2v) is 6.61. The molecule has 116 valence electrons. The smallest absolute Gasteiger partial charge is 0.227 e. The predicted octanol–water partition coefficient (Wildman–Crippen LogP) is 3.57. The van der Waals surface area contributed by atoms with Gasteiger partial charge < -0.3 is 4.90 Å². The number of hydrogen-bond donors (Lipinski definition) is 0. The molecule has 2 aromatic rings.